The third-order valence-electron chi connectivity index (χ3n) is 5.00. The molecular formula is C26H25F2N7O. The smallest absolute Gasteiger partial charge is 0.181 e. The van der Waals surface area contributed by atoms with Crippen LogP contribution >= 0.6 is 0 Å². The number of aryl methyl sites for hydroxylation is 1. The Morgan fingerprint density at radius 1 is 1.11 bits per heavy atom. The highest BCUT2D eigenvalue weighted by atomic mass is 19.1. The minimum absolute atomic E-state index is 0.242. The molecule has 0 aliphatic rings. The van der Waals surface area contributed by atoms with Crippen LogP contribution in [0.3, 0.4) is 0 Å². The highest BCUT2D eigenvalue weighted by Gasteiger charge is 2.14. The number of hydrogen-bond acceptors (Lipinski definition) is 6. The quantitative estimate of drug-likeness (QED) is 0.149. The number of amidine groups is 1. The van der Waals surface area contributed by atoms with Gasteiger partial charge in [0.2, 0.25) is 0 Å². The molecule has 4 aromatic rings. The summed E-state index contributed by atoms with van der Waals surface area (Å²) in [5.41, 5.74) is 10.5. The predicted octanol–water partition coefficient (Wildman–Crippen LogP) is 5.13. The molecule has 0 radical (unpaired) electrons. The number of aromatic amines is 1. The fourth-order valence-corrected chi connectivity index (χ4v) is 3.16. The van der Waals surface area contributed by atoms with Crippen LogP contribution in [0, 0.1) is 18.6 Å². The summed E-state index contributed by atoms with van der Waals surface area (Å²) in [6.07, 6.45) is 9.19. The zero-order chi connectivity index (χ0) is 26.1. The minimum Gasteiger partial charge on any atom is -0.386 e. The number of nitrogens with one attached hydrogen (secondary N) is 2. The lowest BCUT2D eigenvalue weighted by molar-refractivity contribution is 0.112. The molecule has 0 spiro atoms. The number of fused-ring (bicyclic) bond motifs is 1. The first kappa shape index (κ1) is 25.9. The van der Waals surface area contributed by atoms with Gasteiger partial charge >= 0.3 is 0 Å². The molecule has 36 heavy (non-hydrogen) atoms. The fraction of sp³-hybridized carbons (Fsp3) is 0.115. The van der Waals surface area contributed by atoms with Crippen molar-refractivity contribution in [3.63, 3.8) is 0 Å². The molecule has 2 aromatic heterocycles. The summed E-state index contributed by atoms with van der Waals surface area (Å²) in [4.78, 5) is 30.2. The van der Waals surface area contributed by atoms with E-state index in [0.29, 0.717) is 51.2 Å². The number of nitrogens with zero attached hydrogens (tertiary/aromatic N) is 4. The van der Waals surface area contributed by atoms with Gasteiger partial charge < -0.3 is 16.0 Å². The van der Waals surface area contributed by atoms with Crippen LogP contribution in [-0.4, -0.2) is 39.1 Å². The lowest BCUT2D eigenvalue weighted by atomic mass is 10.1. The first-order chi connectivity index (χ1) is 17.4. The largest absolute Gasteiger partial charge is 0.386 e. The zero-order valence-electron chi connectivity index (χ0n) is 20.0. The lowest BCUT2D eigenvalue weighted by Gasteiger charge is -2.08. The van der Waals surface area contributed by atoms with E-state index in [9.17, 15) is 13.6 Å². The Bertz CT molecular complexity index is 1460. The molecule has 0 bridgehead atoms. The number of carbonyl (C=O) groups excluding carboxylic acids is 1. The highest BCUT2D eigenvalue weighted by Crippen LogP contribution is 2.24. The summed E-state index contributed by atoms with van der Waals surface area (Å²) >= 11 is 0. The van der Waals surface area contributed by atoms with Gasteiger partial charge in [-0.1, -0.05) is 12.2 Å². The van der Waals surface area contributed by atoms with Crippen molar-refractivity contribution in [2.24, 2.45) is 10.7 Å². The van der Waals surface area contributed by atoms with Crippen molar-refractivity contribution in [3.8, 4) is 0 Å². The van der Waals surface area contributed by atoms with Crippen LogP contribution in [0.2, 0.25) is 0 Å². The van der Waals surface area contributed by atoms with E-state index in [4.69, 9.17) is 5.73 Å². The van der Waals surface area contributed by atoms with Gasteiger partial charge in [-0.2, -0.15) is 0 Å². The summed E-state index contributed by atoms with van der Waals surface area (Å²) < 4.78 is 26.2. The number of H-pyrrole nitrogens is 1. The molecule has 0 saturated heterocycles. The fourth-order valence-electron chi connectivity index (χ4n) is 3.16. The number of allylic oxidation sites excluding steroid dienone is 3. The van der Waals surface area contributed by atoms with Gasteiger partial charge in [0.05, 0.1) is 17.7 Å². The number of aldehydes is 1. The van der Waals surface area contributed by atoms with E-state index >= 15 is 0 Å². The van der Waals surface area contributed by atoms with Crippen molar-refractivity contribution >= 4 is 40.2 Å². The van der Waals surface area contributed by atoms with E-state index < -0.39 is 0 Å². The second-order valence-electron chi connectivity index (χ2n) is 7.47. The molecule has 0 unspecified atom stereocenters. The Morgan fingerprint density at radius 2 is 1.89 bits per heavy atom. The molecule has 0 saturated carbocycles. The number of benzene rings is 2. The van der Waals surface area contributed by atoms with Crippen LogP contribution in [0.25, 0.3) is 16.7 Å². The van der Waals surface area contributed by atoms with Crippen molar-refractivity contribution in [1.29, 1.82) is 0 Å². The number of aliphatic imine (C=N–C) groups is 1. The Balaban J connectivity index is 0.000000303. The number of aromatic nitrogens is 4. The Hall–Kier alpha value is -4.73. The van der Waals surface area contributed by atoms with Crippen LogP contribution in [0.4, 0.5) is 20.2 Å². The van der Waals surface area contributed by atoms with Gasteiger partial charge in [0, 0.05) is 18.2 Å². The number of halogens is 2. The van der Waals surface area contributed by atoms with Gasteiger partial charge in [-0.3, -0.25) is 4.79 Å². The number of rotatable bonds is 6. The van der Waals surface area contributed by atoms with Crippen LogP contribution in [0.1, 0.15) is 28.5 Å². The molecule has 4 rings (SSSR count). The normalized spacial score (nSPS) is 11.9. The Morgan fingerprint density at radius 3 is 2.58 bits per heavy atom. The molecule has 0 aliphatic heterocycles. The summed E-state index contributed by atoms with van der Waals surface area (Å²) in [6, 6.07) is 8.74. The van der Waals surface area contributed by atoms with E-state index in [1.807, 2.05) is 25.2 Å². The van der Waals surface area contributed by atoms with E-state index in [2.05, 4.69) is 30.2 Å². The monoisotopic (exact) mass is 489 g/mol. The first-order valence-electron chi connectivity index (χ1n) is 10.9. The maximum atomic E-state index is 13.6. The third-order valence-corrected chi connectivity index (χ3v) is 5.00. The van der Waals surface area contributed by atoms with Crippen LogP contribution in [-0.2, 0) is 0 Å². The average molecular weight is 490 g/mol. The van der Waals surface area contributed by atoms with Gasteiger partial charge in [0.25, 0.3) is 0 Å². The number of carbonyl (C=O) groups is 1. The van der Waals surface area contributed by atoms with Gasteiger partial charge in [0.1, 0.15) is 41.3 Å². The third kappa shape index (κ3) is 6.23. The van der Waals surface area contributed by atoms with E-state index in [0.717, 1.165) is 0 Å². The number of imidazole rings is 1. The number of hydrogen-bond donors (Lipinski definition) is 3. The molecule has 8 nitrogen and oxygen atoms in total. The van der Waals surface area contributed by atoms with Gasteiger partial charge in [-0.25, -0.2) is 28.7 Å². The summed E-state index contributed by atoms with van der Waals surface area (Å²) in [7, 11) is 1.64. The zero-order valence-corrected chi connectivity index (χ0v) is 20.0. The van der Waals surface area contributed by atoms with Gasteiger partial charge in [-0.05, 0) is 61.9 Å². The van der Waals surface area contributed by atoms with Gasteiger partial charge in [0.15, 0.2) is 5.65 Å². The van der Waals surface area contributed by atoms with Crippen molar-refractivity contribution in [3.05, 3.63) is 95.7 Å². The number of nitrogens with two attached hydrogens (primary N) is 1. The predicted molar refractivity (Wildman–Crippen MR) is 138 cm³/mol. The maximum absolute atomic E-state index is 13.6. The van der Waals surface area contributed by atoms with Crippen LogP contribution in [0.5, 0.6) is 0 Å². The Labute approximate surface area is 206 Å². The van der Waals surface area contributed by atoms with Crippen LogP contribution < -0.4 is 11.1 Å². The summed E-state index contributed by atoms with van der Waals surface area (Å²) in [6.45, 7) is 3.52. The second kappa shape index (κ2) is 12.1. The summed E-state index contributed by atoms with van der Waals surface area (Å²) in [5.74, 6) is -0.387. The highest BCUT2D eigenvalue weighted by molar-refractivity contribution is 6.24. The van der Waals surface area contributed by atoms with E-state index in [-0.39, 0.29) is 17.5 Å². The SMILES string of the molecule is C/C=C\C=C(/C(N)=Nc1ccc(F)c(NC)c1)c1ncnc2nc[nH]c12.Cc1cc(C=O)ccc1F. The molecule has 184 valence electrons. The standard InChI is InChI=1S/C18H18FN7.C8H7FO/c1-3-4-5-12(15-16-18(24-9-22-15)25-10-23-16)17(20)26-11-6-7-13(19)14(8-11)21-2;1-6-4-7(5-10)2-3-8(6)9/h3-10,21H,1-2H3,(H2,20,26)(H,22,23,24,25);2-5H,1H3/b4-3-,12-5-;. The minimum atomic E-state index is -0.357. The first-order valence-corrected chi connectivity index (χ1v) is 10.9. The van der Waals surface area contributed by atoms with Crippen molar-refractivity contribution in [2.75, 3.05) is 12.4 Å². The second-order valence-corrected chi connectivity index (χ2v) is 7.47. The molecule has 2 heterocycles. The van der Waals surface area contributed by atoms with Gasteiger partial charge in [-0.15, -0.1) is 0 Å². The topological polar surface area (TPSA) is 122 Å². The number of anilines is 1. The Kier molecular flexibility index (Phi) is 8.71. The van der Waals surface area contributed by atoms with E-state index in [1.54, 1.807) is 32.4 Å². The maximum Gasteiger partial charge on any atom is 0.181 e. The molecule has 2 aromatic carbocycles. The molecule has 0 amide bonds. The van der Waals surface area contributed by atoms with Crippen molar-refractivity contribution in [1.82, 2.24) is 19.9 Å². The lowest BCUT2D eigenvalue weighted by Crippen LogP contribution is -2.15. The molecule has 0 fully saturated rings. The van der Waals surface area contributed by atoms with Crippen LogP contribution in [0.15, 0.2) is 72.3 Å². The molecule has 10 heteroatoms. The summed E-state index contributed by atoms with van der Waals surface area (Å²) in [5, 5.41) is 2.78. The molecule has 4 N–H and O–H groups in total. The molecular weight excluding hydrogens is 464 g/mol. The molecule has 0 aliphatic carbocycles. The van der Waals surface area contributed by atoms with Crippen molar-refractivity contribution in [2.45, 2.75) is 13.8 Å². The van der Waals surface area contributed by atoms with E-state index in [1.165, 1.54) is 30.6 Å². The average Bonchev–Trinajstić information content (AvgIpc) is 3.37. The molecule has 0 atom stereocenters. The van der Waals surface area contributed by atoms with Crippen molar-refractivity contribution < 1.29 is 13.6 Å².